The molecule has 0 saturated carbocycles. The van der Waals surface area contributed by atoms with E-state index in [-0.39, 0.29) is 29.3 Å². The zero-order valence-electron chi connectivity index (χ0n) is 13.6. The number of H-pyrrole nitrogens is 1. The number of carbonyl (C=O) groups excluding carboxylic acids is 3. The van der Waals surface area contributed by atoms with Crippen molar-refractivity contribution in [1.82, 2.24) is 9.88 Å². The normalized spacial score (nSPS) is 13.0. The number of aromatic amines is 1. The molecule has 0 aliphatic carbocycles. The topological polar surface area (TPSA) is 109 Å². The van der Waals surface area contributed by atoms with Crippen LogP contribution in [-0.4, -0.2) is 41.3 Å². The number of ether oxygens (including phenoxy) is 1. The number of rotatable bonds is 4. The zero-order chi connectivity index (χ0) is 18.1. The van der Waals surface area contributed by atoms with Gasteiger partial charge in [0.25, 0.3) is 17.7 Å². The molecule has 0 atom stereocenters. The van der Waals surface area contributed by atoms with Gasteiger partial charge in [0.2, 0.25) is 5.43 Å². The van der Waals surface area contributed by atoms with E-state index in [0.717, 1.165) is 4.90 Å². The van der Waals surface area contributed by atoms with Gasteiger partial charge in [0, 0.05) is 30.7 Å². The number of imide groups is 1. The largest absolute Gasteiger partial charge is 0.478 e. The van der Waals surface area contributed by atoms with Crippen LogP contribution in [0.5, 0.6) is 5.75 Å². The van der Waals surface area contributed by atoms with Crippen molar-refractivity contribution < 1.29 is 19.1 Å². The third-order valence-corrected chi connectivity index (χ3v) is 3.75. The average molecular weight is 341 g/mol. The summed E-state index contributed by atoms with van der Waals surface area (Å²) in [5, 5.41) is 2.56. The second-order valence-electron chi connectivity index (χ2n) is 5.61. The highest BCUT2D eigenvalue weighted by Gasteiger charge is 2.32. The number of hydrogen-bond donors (Lipinski definition) is 2. The predicted octanol–water partition coefficient (Wildman–Crippen LogP) is 0.927. The Hall–Kier alpha value is -3.42. The average Bonchev–Trinajstić information content (AvgIpc) is 2.78. The van der Waals surface area contributed by atoms with E-state index in [4.69, 9.17) is 4.74 Å². The Morgan fingerprint density at radius 3 is 2.60 bits per heavy atom. The maximum atomic E-state index is 12.0. The summed E-state index contributed by atoms with van der Waals surface area (Å²) >= 11 is 0. The summed E-state index contributed by atoms with van der Waals surface area (Å²) in [5.41, 5.74) is 1.26. The lowest BCUT2D eigenvalue weighted by atomic mass is 10.1. The first-order chi connectivity index (χ1) is 11.9. The van der Waals surface area contributed by atoms with E-state index in [1.807, 2.05) is 0 Å². The maximum Gasteiger partial charge on any atom is 0.262 e. The van der Waals surface area contributed by atoms with E-state index in [2.05, 4.69) is 10.3 Å². The number of aromatic nitrogens is 1. The van der Waals surface area contributed by atoms with Gasteiger partial charge in [-0.1, -0.05) is 0 Å². The van der Waals surface area contributed by atoms with Gasteiger partial charge in [0.05, 0.1) is 11.1 Å². The first-order valence-corrected chi connectivity index (χ1v) is 7.45. The van der Waals surface area contributed by atoms with Gasteiger partial charge in [0.15, 0.2) is 12.4 Å². The molecule has 1 aromatic heterocycles. The number of anilines is 1. The molecule has 0 radical (unpaired) electrons. The Balaban J connectivity index is 1.67. The number of hydrogen-bond acceptors (Lipinski definition) is 5. The van der Waals surface area contributed by atoms with Gasteiger partial charge in [-0.3, -0.25) is 24.1 Å². The number of fused-ring (bicyclic) bond motifs is 1. The van der Waals surface area contributed by atoms with E-state index in [1.165, 1.54) is 37.5 Å². The van der Waals surface area contributed by atoms with Crippen molar-refractivity contribution in [3.05, 3.63) is 57.5 Å². The van der Waals surface area contributed by atoms with Gasteiger partial charge in [-0.2, -0.15) is 0 Å². The van der Waals surface area contributed by atoms with Crippen LogP contribution in [-0.2, 0) is 4.79 Å². The molecule has 0 bridgehead atoms. The number of nitrogens with zero attached hydrogens (tertiary/aromatic N) is 1. The summed E-state index contributed by atoms with van der Waals surface area (Å²) < 4.78 is 5.19. The molecule has 3 rings (SSSR count). The lowest BCUT2D eigenvalue weighted by Gasteiger charge is -2.08. The van der Waals surface area contributed by atoms with E-state index < -0.39 is 11.8 Å². The molecule has 0 spiro atoms. The van der Waals surface area contributed by atoms with Crippen molar-refractivity contribution >= 4 is 23.4 Å². The standard InChI is InChI=1S/C17H15N3O5/c1-9-5-13(21)14(7-18-9)25-8-15(22)19-10-3-4-11-12(6-10)17(24)20(2)16(11)23/h3-7H,8H2,1-2H3,(H,18,21)(H,19,22). The minimum absolute atomic E-state index is 0.0390. The van der Waals surface area contributed by atoms with Crippen LogP contribution in [0, 0.1) is 6.92 Å². The fourth-order valence-corrected chi connectivity index (χ4v) is 2.45. The summed E-state index contributed by atoms with van der Waals surface area (Å²) in [4.78, 5) is 51.3. The Morgan fingerprint density at radius 2 is 1.88 bits per heavy atom. The third kappa shape index (κ3) is 3.14. The monoisotopic (exact) mass is 341 g/mol. The number of benzene rings is 1. The molecule has 1 aliphatic rings. The van der Waals surface area contributed by atoms with Crippen LogP contribution < -0.4 is 15.5 Å². The summed E-state index contributed by atoms with van der Waals surface area (Å²) in [5.74, 6) is -1.25. The first kappa shape index (κ1) is 16.4. The second-order valence-corrected chi connectivity index (χ2v) is 5.61. The highest BCUT2D eigenvalue weighted by atomic mass is 16.5. The van der Waals surface area contributed by atoms with Crippen LogP contribution in [0.2, 0.25) is 0 Å². The first-order valence-electron chi connectivity index (χ1n) is 7.45. The minimum Gasteiger partial charge on any atom is -0.478 e. The molecule has 1 aliphatic heterocycles. The molecular weight excluding hydrogens is 326 g/mol. The van der Waals surface area contributed by atoms with E-state index >= 15 is 0 Å². The molecule has 2 aromatic rings. The highest BCUT2D eigenvalue weighted by Crippen LogP contribution is 2.24. The van der Waals surface area contributed by atoms with E-state index in [1.54, 1.807) is 6.92 Å². The maximum absolute atomic E-state index is 12.0. The molecule has 8 nitrogen and oxygen atoms in total. The van der Waals surface area contributed by atoms with Crippen LogP contribution in [0.1, 0.15) is 26.4 Å². The van der Waals surface area contributed by atoms with Crippen molar-refractivity contribution in [2.24, 2.45) is 0 Å². The van der Waals surface area contributed by atoms with Gasteiger partial charge in [-0.05, 0) is 25.1 Å². The van der Waals surface area contributed by atoms with Gasteiger partial charge >= 0.3 is 0 Å². The summed E-state index contributed by atoms with van der Waals surface area (Å²) in [6.07, 6.45) is 1.39. The molecular formula is C17H15N3O5. The molecule has 8 heteroatoms. The zero-order valence-corrected chi connectivity index (χ0v) is 13.6. The van der Waals surface area contributed by atoms with Crippen molar-refractivity contribution in [2.75, 3.05) is 19.0 Å². The lowest BCUT2D eigenvalue weighted by molar-refractivity contribution is -0.118. The molecule has 0 saturated heterocycles. The van der Waals surface area contributed by atoms with Gasteiger partial charge in [-0.15, -0.1) is 0 Å². The van der Waals surface area contributed by atoms with E-state index in [0.29, 0.717) is 16.9 Å². The number of pyridine rings is 1. The Labute approximate surface area is 142 Å². The molecule has 3 amide bonds. The van der Waals surface area contributed by atoms with Gasteiger partial charge in [-0.25, -0.2) is 0 Å². The van der Waals surface area contributed by atoms with Gasteiger partial charge < -0.3 is 15.0 Å². The number of carbonyl (C=O) groups is 3. The van der Waals surface area contributed by atoms with Crippen LogP contribution in [0.3, 0.4) is 0 Å². The van der Waals surface area contributed by atoms with Crippen molar-refractivity contribution in [3.63, 3.8) is 0 Å². The van der Waals surface area contributed by atoms with Crippen molar-refractivity contribution in [3.8, 4) is 5.75 Å². The second kappa shape index (κ2) is 6.23. The van der Waals surface area contributed by atoms with Crippen LogP contribution in [0.15, 0.2) is 35.3 Å². The SMILES string of the molecule is Cc1cc(=O)c(OCC(=O)Nc2ccc3c(c2)C(=O)N(C)C3=O)c[nH]1. The van der Waals surface area contributed by atoms with Crippen LogP contribution >= 0.6 is 0 Å². The van der Waals surface area contributed by atoms with Crippen LogP contribution in [0.4, 0.5) is 5.69 Å². The van der Waals surface area contributed by atoms with Crippen LogP contribution in [0.25, 0.3) is 0 Å². The molecule has 2 heterocycles. The fraction of sp³-hybridized carbons (Fsp3) is 0.176. The highest BCUT2D eigenvalue weighted by molar-refractivity contribution is 6.21. The molecule has 2 N–H and O–H groups in total. The molecule has 128 valence electrons. The summed E-state index contributed by atoms with van der Waals surface area (Å²) in [7, 11) is 1.40. The fourth-order valence-electron chi connectivity index (χ4n) is 2.45. The smallest absolute Gasteiger partial charge is 0.262 e. The molecule has 0 fully saturated rings. The molecule has 0 unspecified atom stereocenters. The number of amides is 3. The Bertz CT molecular complexity index is 948. The Kier molecular flexibility index (Phi) is 4.10. The third-order valence-electron chi connectivity index (χ3n) is 3.75. The van der Waals surface area contributed by atoms with Crippen molar-refractivity contribution in [2.45, 2.75) is 6.92 Å². The predicted molar refractivity (Wildman–Crippen MR) is 88.8 cm³/mol. The van der Waals surface area contributed by atoms with E-state index in [9.17, 15) is 19.2 Å². The quantitative estimate of drug-likeness (QED) is 0.804. The number of aryl methyl sites for hydroxylation is 1. The lowest BCUT2D eigenvalue weighted by Crippen LogP contribution is -2.24. The summed E-state index contributed by atoms with van der Waals surface area (Å²) in [6, 6.07) is 5.82. The molecule has 1 aromatic carbocycles. The molecule has 25 heavy (non-hydrogen) atoms. The number of nitrogens with one attached hydrogen (secondary N) is 2. The summed E-state index contributed by atoms with van der Waals surface area (Å²) in [6.45, 7) is 1.37. The van der Waals surface area contributed by atoms with Crippen molar-refractivity contribution in [1.29, 1.82) is 0 Å². The minimum atomic E-state index is -0.495. The van der Waals surface area contributed by atoms with Gasteiger partial charge in [0.1, 0.15) is 0 Å². The Morgan fingerprint density at radius 1 is 1.16 bits per heavy atom.